The number of rotatable bonds is 8. The normalized spacial score (nSPS) is 10.9. The van der Waals surface area contributed by atoms with E-state index in [2.05, 4.69) is 32.7 Å². The predicted molar refractivity (Wildman–Crippen MR) is 106 cm³/mol. The Hall–Kier alpha value is -2.61. The molecule has 2 aromatic heterocycles. The summed E-state index contributed by atoms with van der Waals surface area (Å²) in [6.45, 7) is 5.55. The minimum Gasteiger partial charge on any atom is -0.349 e. The monoisotopic (exact) mass is 384 g/mol. The van der Waals surface area contributed by atoms with Gasteiger partial charge in [0, 0.05) is 18.7 Å². The molecule has 142 valence electrons. The molecule has 2 heterocycles. The number of nitrogens with zero attached hydrogens (tertiary/aromatic N) is 5. The summed E-state index contributed by atoms with van der Waals surface area (Å²) in [7, 11) is 0. The molecule has 0 aliphatic rings. The fraction of sp³-hybridized carbons (Fsp3) is 0.368. The lowest BCUT2D eigenvalue weighted by molar-refractivity contribution is -0.121. The van der Waals surface area contributed by atoms with Gasteiger partial charge in [0.05, 0.1) is 18.8 Å². The van der Waals surface area contributed by atoms with Crippen molar-refractivity contribution in [1.82, 2.24) is 29.9 Å². The van der Waals surface area contributed by atoms with Gasteiger partial charge in [0.2, 0.25) is 5.91 Å². The minimum absolute atomic E-state index is 0.0254. The summed E-state index contributed by atoms with van der Waals surface area (Å²) in [4.78, 5) is 12.2. The molecule has 0 spiro atoms. The molecule has 7 nitrogen and oxygen atoms in total. The summed E-state index contributed by atoms with van der Waals surface area (Å²) >= 11 is 1.55. The zero-order chi connectivity index (χ0) is 19.2. The number of carbonyl (C=O) groups excluding carboxylic acids is 1. The third kappa shape index (κ3) is 4.97. The molecule has 0 saturated carbocycles. The Morgan fingerprint density at radius 2 is 1.96 bits per heavy atom. The Morgan fingerprint density at radius 1 is 1.19 bits per heavy atom. The van der Waals surface area contributed by atoms with E-state index in [1.54, 1.807) is 11.8 Å². The zero-order valence-corrected chi connectivity index (χ0v) is 16.7. The van der Waals surface area contributed by atoms with Crippen molar-refractivity contribution in [3.63, 3.8) is 0 Å². The maximum absolute atomic E-state index is 12.2. The van der Waals surface area contributed by atoms with Crippen LogP contribution < -0.4 is 5.32 Å². The number of thioether (sulfide) groups is 1. The van der Waals surface area contributed by atoms with E-state index in [1.807, 2.05) is 53.6 Å². The summed E-state index contributed by atoms with van der Waals surface area (Å²) in [5.74, 6) is 0.727. The molecule has 0 aliphatic carbocycles. The highest BCUT2D eigenvalue weighted by molar-refractivity contribution is 7.98. The smallest absolute Gasteiger partial charge is 0.222 e. The number of aromatic nitrogens is 5. The van der Waals surface area contributed by atoms with Gasteiger partial charge in [-0.2, -0.15) is 5.10 Å². The highest BCUT2D eigenvalue weighted by Crippen LogP contribution is 2.16. The molecule has 0 saturated heterocycles. The van der Waals surface area contributed by atoms with E-state index in [0.717, 1.165) is 22.4 Å². The van der Waals surface area contributed by atoms with Crippen LogP contribution >= 0.6 is 11.8 Å². The van der Waals surface area contributed by atoms with Crippen LogP contribution in [0.5, 0.6) is 0 Å². The van der Waals surface area contributed by atoms with E-state index in [4.69, 9.17) is 0 Å². The van der Waals surface area contributed by atoms with Crippen molar-refractivity contribution in [2.75, 3.05) is 6.26 Å². The molecule has 0 atom stereocenters. The average Bonchev–Trinajstić information content (AvgIpc) is 3.20. The Balaban J connectivity index is 1.59. The topological polar surface area (TPSA) is 77.6 Å². The van der Waals surface area contributed by atoms with Gasteiger partial charge in [-0.15, -0.1) is 10.2 Å². The van der Waals surface area contributed by atoms with E-state index in [-0.39, 0.29) is 5.91 Å². The van der Waals surface area contributed by atoms with Gasteiger partial charge in [-0.05, 0) is 31.7 Å². The van der Waals surface area contributed by atoms with Crippen LogP contribution in [0.4, 0.5) is 0 Å². The molecule has 0 fully saturated rings. The van der Waals surface area contributed by atoms with Crippen LogP contribution in [0.3, 0.4) is 0 Å². The van der Waals surface area contributed by atoms with Crippen molar-refractivity contribution >= 4 is 17.7 Å². The van der Waals surface area contributed by atoms with Crippen LogP contribution in [-0.4, -0.2) is 36.7 Å². The molecule has 1 amide bonds. The number of hydrogen-bond donors (Lipinski definition) is 1. The largest absolute Gasteiger partial charge is 0.349 e. The van der Waals surface area contributed by atoms with Crippen molar-refractivity contribution in [3.05, 3.63) is 59.2 Å². The highest BCUT2D eigenvalue weighted by atomic mass is 32.2. The Morgan fingerprint density at radius 3 is 2.63 bits per heavy atom. The van der Waals surface area contributed by atoms with Crippen LogP contribution in [-0.2, 0) is 24.4 Å². The number of nitrogens with one attached hydrogen (secondary N) is 1. The van der Waals surface area contributed by atoms with Crippen molar-refractivity contribution in [3.8, 4) is 0 Å². The van der Waals surface area contributed by atoms with Crippen molar-refractivity contribution in [2.24, 2.45) is 0 Å². The predicted octanol–water partition coefficient (Wildman–Crippen LogP) is 2.57. The second-order valence-electron chi connectivity index (χ2n) is 6.35. The highest BCUT2D eigenvalue weighted by Gasteiger charge is 2.13. The van der Waals surface area contributed by atoms with Gasteiger partial charge in [0.1, 0.15) is 0 Å². The second kappa shape index (κ2) is 8.85. The van der Waals surface area contributed by atoms with Gasteiger partial charge >= 0.3 is 0 Å². The lowest BCUT2D eigenvalue weighted by Crippen LogP contribution is -2.26. The lowest BCUT2D eigenvalue weighted by atomic mass is 10.2. The Labute approximate surface area is 163 Å². The third-order valence-corrected chi connectivity index (χ3v) is 4.92. The molecule has 27 heavy (non-hydrogen) atoms. The van der Waals surface area contributed by atoms with E-state index in [0.29, 0.717) is 26.1 Å². The van der Waals surface area contributed by atoms with Gasteiger partial charge in [0.25, 0.3) is 0 Å². The van der Waals surface area contributed by atoms with Gasteiger partial charge in [0.15, 0.2) is 11.0 Å². The third-order valence-electron chi connectivity index (χ3n) is 4.26. The van der Waals surface area contributed by atoms with E-state index >= 15 is 0 Å². The van der Waals surface area contributed by atoms with Crippen LogP contribution in [0.2, 0.25) is 0 Å². The number of benzene rings is 1. The first-order chi connectivity index (χ1) is 13.1. The average molecular weight is 385 g/mol. The minimum atomic E-state index is -0.0254. The van der Waals surface area contributed by atoms with Crippen molar-refractivity contribution in [2.45, 2.75) is 45.1 Å². The van der Waals surface area contributed by atoms with Crippen LogP contribution in [0, 0.1) is 13.8 Å². The van der Waals surface area contributed by atoms with Crippen LogP contribution in [0.15, 0.2) is 41.6 Å². The molecule has 1 aromatic carbocycles. The SMILES string of the molecule is CSc1nnc(CNC(=O)CCn2nc(C)cc2C)n1Cc1ccccc1. The maximum Gasteiger partial charge on any atom is 0.222 e. The fourth-order valence-corrected chi connectivity index (χ4v) is 3.41. The zero-order valence-electron chi connectivity index (χ0n) is 15.8. The lowest BCUT2D eigenvalue weighted by Gasteiger charge is -2.10. The molecule has 0 aliphatic heterocycles. The van der Waals surface area contributed by atoms with Crippen molar-refractivity contribution < 1.29 is 4.79 Å². The first kappa shape index (κ1) is 19.2. The molecule has 0 radical (unpaired) electrons. The molecular weight excluding hydrogens is 360 g/mol. The molecule has 3 aromatic rings. The number of aryl methyl sites for hydroxylation is 3. The van der Waals surface area contributed by atoms with Crippen molar-refractivity contribution in [1.29, 1.82) is 0 Å². The number of hydrogen-bond acceptors (Lipinski definition) is 5. The van der Waals surface area contributed by atoms with Gasteiger partial charge < -0.3 is 9.88 Å². The maximum atomic E-state index is 12.2. The Bertz CT molecular complexity index is 902. The van der Waals surface area contributed by atoms with Crippen LogP contribution in [0.1, 0.15) is 29.2 Å². The standard InChI is InChI=1S/C19H24N6OS/c1-14-11-15(2)25(23-14)10-9-18(26)20-12-17-21-22-19(27-3)24(17)13-16-7-5-4-6-8-16/h4-8,11H,9-10,12-13H2,1-3H3,(H,20,26). The van der Waals surface area contributed by atoms with Gasteiger partial charge in [-0.25, -0.2) is 0 Å². The summed E-state index contributed by atoms with van der Waals surface area (Å²) in [5.41, 5.74) is 3.20. The molecular formula is C19H24N6OS. The molecule has 3 rings (SSSR count). The van der Waals surface area contributed by atoms with Crippen LogP contribution in [0.25, 0.3) is 0 Å². The van der Waals surface area contributed by atoms with E-state index in [1.165, 1.54) is 5.56 Å². The second-order valence-corrected chi connectivity index (χ2v) is 7.13. The van der Waals surface area contributed by atoms with Gasteiger partial charge in [-0.3, -0.25) is 9.48 Å². The quantitative estimate of drug-likeness (QED) is 0.604. The number of amides is 1. The first-order valence-electron chi connectivity index (χ1n) is 8.84. The molecule has 8 heteroatoms. The Kier molecular flexibility index (Phi) is 6.28. The summed E-state index contributed by atoms with van der Waals surface area (Å²) in [6, 6.07) is 12.2. The van der Waals surface area contributed by atoms with Gasteiger partial charge in [-0.1, -0.05) is 42.1 Å². The molecule has 1 N–H and O–H groups in total. The first-order valence-corrected chi connectivity index (χ1v) is 10.1. The molecule has 0 bridgehead atoms. The molecule has 0 unspecified atom stereocenters. The summed E-state index contributed by atoms with van der Waals surface area (Å²) in [5, 5.41) is 16.6. The van der Waals surface area contributed by atoms with E-state index in [9.17, 15) is 4.79 Å². The summed E-state index contributed by atoms with van der Waals surface area (Å²) < 4.78 is 3.90. The number of carbonyl (C=O) groups is 1. The summed E-state index contributed by atoms with van der Waals surface area (Å²) in [6.07, 6.45) is 2.35. The fourth-order valence-electron chi connectivity index (χ4n) is 2.90. The van der Waals surface area contributed by atoms with E-state index < -0.39 is 0 Å².